The van der Waals surface area contributed by atoms with Crippen LogP contribution in [-0.4, -0.2) is 18.5 Å². The molecule has 0 bridgehead atoms. The van der Waals surface area contributed by atoms with Crippen LogP contribution in [0.4, 0.5) is 0 Å². The van der Waals surface area contributed by atoms with Crippen molar-refractivity contribution in [1.82, 2.24) is 9.78 Å². The summed E-state index contributed by atoms with van der Waals surface area (Å²) in [5.74, 6) is 0. The number of rotatable bonds is 1. The summed E-state index contributed by atoms with van der Waals surface area (Å²) in [4.78, 5) is 0. The summed E-state index contributed by atoms with van der Waals surface area (Å²) in [7, 11) is 1.60. The van der Waals surface area contributed by atoms with Crippen molar-refractivity contribution in [2.24, 2.45) is 7.05 Å². The molecule has 6 heteroatoms. The van der Waals surface area contributed by atoms with Gasteiger partial charge in [0.1, 0.15) is 5.03 Å². The molecule has 0 fully saturated rings. The van der Waals surface area contributed by atoms with Crippen molar-refractivity contribution in [1.29, 1.82) is 0 Å². The van der Waals surface area contributed by atoms with Gasteiger partial charge in [0.05, 0.1) is 5.69 Å². The number of aryl methyl sites for hydroxylation is 2. The third-order valence-corrected chi connectivity index (χ3v) is 1.85. The summed E-state index contributed by atoms with van der Waals surface area (Å²) in [6.45, 7) is 1.75. The first kappa shape index (κ1) is 10.9. The number of aromatic nitrogens is 2. The van der Waals surface area contributed by atoms with E-state index in [1.807, 2.05) is 0 Å². The average molecular weight is 166 g/mol. The topological polar surface area (TPSA) is 57.9 Å². The van der Waals surface area contributed by atoms with Crippen LogP contribution >= 0.6 is 0 Å². The SMILES string of the molecule is Cc1cc(S(=O)[O-])n(C)n1.[Li+]. The first-order valence-electron chi connectivity index (χ1n) is 2.71. The molecule has 4 nitrogen and oxygen atoms in total. The van der Waals surface area contributed by atoms with E-state index in [0.717, 1.165) is 0 Å². The standard InChI is InChI=1S/C5H8N2O2S.Li/c1-4-3-5(10(8)9)7(2)6-4;/h3H,1-2H3,(H,8,9);/q;+1/p-1. The van der Waals surface area contributed by atoms with Gasteiger partial charge in [-0.1, -0.05) is 0 Å². The summed E-state index contributed by atoms with van der Waals surface area (Å²) in [5, 5.41) is 4.08. The van der Waals surface area contributed by atoms with E-state index in [2.05, 4.69) is 5.10 Å². The van der Waals surface area contributed by atoms with Crippen LogP contribution in [0.25, 0.3) is 0 Å². The van der Waals surface area contributed by atoms with E-state index in [4.69, 9.17) is 0 Å². The Kier molecular flexibility index (Phi) is 4.04. The van der Waals surface area contributed by atoms with Crippen LogP contribution in [0.3, 0.4) is 0 Å². The number of hydrogen-bond acceptors (Lipinski definition) is 3. The number of nitrogens with zero attached hydrogens (tertiary/aromatic N) is 2. The van der Waals surface area contributed by atoms with Crippen LogP contribution in [0.2, 0.25) is 0 Å². The van der Waals surface area contributed by atoms with Gasteiger partial charge < -0.3 is 4.55 Å². The van der Waals surface area contributed by atoms with Crippen molar-refractivity contribution in [3.63, 3.8) is 0 Å². The molecule has 0 saturated carbocycles. The van der Waals surface area contributed by atoms with E-state index in [-0.39, 0.29) is 23.9 Å². The van der Waals surface area contributed by atoms with Crippen LogP contribution in [0.15, 0.2) is 11.1 Å². The quantitative estimate of drug-likeness (QED) is 0.329. The van der Waals surface area contributed by atoms with Gasteiger partial charge in [-0.15, -0.1) is 0 Å². The molecule has 11 heavy (non-hydrogen) atoms. The normalized spacial score (nSPS) is 12.3. The first-order chi connectivity index (χ1) is 4.61. The molecule has 0 amide bonds. The van der Waals surface area contributed by atoms with Gasteiger partial charge in [-0.3, -0.25) is 8.89 Å². The minimum Gasteiger partial charge on any atom is -0.767 e. The monoisotopic (exact) mass is 166 g/mol. The van der Waals surface area contributed by atoms with Crippen LogP contribution in [-0.2, 0) is 18.1 Å². The van der Waals surface area contributed by atoms with Crippen LogP contribution in [0.1, 0.15) is 5.69 Å². The maximum atomic E-state index is 10.4. The number of hydrogen-bond donors (Lipinski definition) is 0. The predicted molar refractivity (Wildman–Crippen MR) is 35.1 cm³/mol. The minimum absolute atomic E-state index is 0. The second kappa shape index (κ2) is 4.07. The molecule has 56 valence electrons. The molecule has 0 radical (unpaired) electrons. The first-order valence-corrected chi connectivity index (χ1v) is 3.78. The molecule has 1 rings (SSSR count). The Balaban J connectivity index is 0.000001000. The summed E-state index contributed by atoms with van der Waals surface area (Å²) in [5.41, 5.74) is 0.710. The summed E-state index contributed by atoms with van der Waals surface area (Å²) >= 11 is -2.17. The minimum atomic E-state index is -2.17. The van der Waals surface area contributed by atoms with E-state index in [1.54, 1.807) is 14.0 Å². The van der Waals surface area contributed by atoms with Crippen molar-refractivity contribution in [3.05, 3.63) is 11.8 Å². The van der Waals surface area contributed by atoms with Crippen LogP contribution < -0.4 is 18.9 Å². The van der Waals surface area contributed by atoms with E-state index in [0.29, 0.717) is 5.69 Å². The van der Waals surface area contributed by atoms with Gasteiger partial charge in [0.25, 0.3) is 0 Å². The second-order valence-electron chi connectivity index (χ2n) is 1.98. The second-order valence-corrected chi connectivity index (χ2v) is 2.87. The van der Waals surface area contributed by atoms with Crippen molar-refractivity contribution >= 4 is 11.1 Å². The Bertz CT molecular complexity index is 273. The molecular formula is C5H7LiN2O2S. The van der Waals surface area contributed by atoms with E-state index < -0.39 is 11.1 Å². The summed E-state index contributed by atoms with van der Waals surface area (Å²) < 4.78 is 22.1. The van der Waals surface area contributed by atoms with Gasteiger partial charge in [0.2, 0.25) is 0 Å². The molecule has 0 spiro atoms. The Morgan fingerprint density at radius 1 is 1.73 bits per heavy atom. The maximum absolute atomic E-state index is 10.4. The Labute approximate surface area is 79.4 Å². The fourth-order valence-electron chi connectivity index (χ4n) is 0.743. The van der Waals surface area contributed by atoms with Gasteiger partial charge in [0, 0.05) is 7.05 Å². The molecule has 0 aliphatic rings. The fourth-order valence-corrected chi connectivity index (χ4v) is 1.27. The molecular weight excluding hydrogens is 159 g/mol. The van der Waals surface area contributed by atoms with Gasteiger partial charge in [0.15, 0.2) is 0 Å². The zero-order chi connectivity index (χ0) is 7.72. The van der Waals surface area contributed by atoms with Crippen molar-refractivity contribution < 1.29 is 27.6 Å². The smallest absolute Gasteiger partial charge is 0.767 e. The molecule has 1 aromatic rings. The van der Waals surface area contributed by atoms with E-state index >= 15 is 0 Å². The molecule has 0 saturated heterocycles. The van der Waals surface area contributed by atoms with Crippen LogP contribution in [0.5, 0.6) is 0 Å². The Hall–Kier alpha value is -0.0826. The van der Waals surface area contributed by atoms with Gasteiger partial charge >= 0.3 is 18.9 Å². The van der Waals surface area contributed by atoms with Gasteiger partial charge in [-0.05, 0) is 24.1 Å². The third kappa shape index (κ3) is 2.45. The van der Waals surface area contributed by atoms with E-state index in [9.17, 15) is 8.76 Å². The van der Waals surface area contributed by atoms with Crippen molar-refractivity contribution in [2.75, 3.05) is 0 Å². The predicted octanol–water partition coefficient (Wildman–Crippen LogP) is -3.03. The Morgan fingerprint density at radius 2 is 2.27 bits per heavy atom. The van der Waals surface area contributed by atoms with E-state index in [1.165, 1.54) is 10.7 Å². The Morgan fingerprint density at radius 3 is 2.45 bits per heavy atom. The zero-order valence-corrected chi connectivity index (χ0v) is 7.51. The molecule has 0 aromatic carbocycles. The van der Waals surface area contributed by atoms with Gasteiger partial charge in [-0.25, -0.2) is 0 Å². The van der Waals surface area contributed by atoms with Crippen LogP contribution in [0, 0.1) is 6.92 Å². The molecule has 1 unspecified atom stereocenters. The van der Waals surface area contributed by atoms with Crippen molar-refractivity contribution in [2.45, 2.75) is 11.9 Å². The zero-order valence-electron chi connectivity index (χ0n) is 6.70. The average Bonchev–Trinajstić information content (AvgIpc) is 2.10. The largest absolute Gasteiger partial charge is 1.00 e. The molecule has 1 atom stereocenters. The van der Waals surface area contributed by atoms with Gasteiger partial charge in [-0.2, -0.15) is 5.10 Å². The maximum Gasteiger partial charge on any atom is 1.00 e. The molecule has 0 aliphatic heterocycles. The molecule has 0 N–H and O–H groups in total. The third-order valence-electron chi connectivity index (χ3n) is 1.13. The molecule has 1 heterocycles. The molecule has 0 aliphatic carbocycles. The summed E-state index contributed by atoms with van der Waals surface area (Å²) in [6, 6.07) is 1.52. The summed E-state index contributed by atoms with van der Waals surface area (Å²) in [6.07, 6.45) is 0. The molecule has 1 aromatic heterocycles. The van der Waals surface area contributed by atoms with Crippen molar-refractivity contribution in [3.8, 4) is 0 Å². The fraction of sp³-hybridized carbons (Fsp3) is 0.400.